The van der Waals surface area contributed by atoms with E-state index in [1.165, 1.54) is 6.08 Å². The molecule has 2 rings (SSSR count). The number of carbonyl (C=O) groups is 1. The Morgan fingerprint density at radius 2 is 2.35 bits per heavy atom. The topological polar surface area (TPSA) is 38.1 Å². The minimum absolute atomic E-state index is 0.0597. The van der Waals surface area contributed by atoms with Crippen LogP contribution in [0, 0.1) is 6.92 Å². The molecular formula is C14H16ClN3OS. The van der Waals surface area contributed by atoms with Crippen molar-refractivity contribution in [3.8, 4) is 0 Å². The quantitative estimate of drug-likeness (QED) is 0.814. The Bertz CT molecular complexity index is 631. The van der Waals surface area contributed by atoms with Crippen molar-refractivity contribution in [2.45, 2.75) is 13.5 Å². The van der Waals surface area contributed by atoms with Crippen molar-refractivity contribution < 1.29 is 4.79 Å². The Hall–Kier alpha value is -1.59. The van der Waals surface area contributed by atoms with Crippen LogP contribution in [-0.4, -0.2) is 27.6 Å². The van der Waals surface area contributed by atoms with E-state index in [2.05, 4.69) is 5.10 Å². The highest BCUT2D eigenvalue weighted by Crippen LogP contribution is 2.20. The monoisotopic (exact) mass is 309 g/mol. The fourth-order valence-corrected chi connectivity index (χ4v) is 2.75. The van der Waals surface area contributed by atoms with Gasteiger partial charge in [-0.25, -0.2) is 0 Å². The first-order valence-electron chi connectivity index (χ1n) is 6.12. The zero-order valence-corrected chi connectivity index (χ0v) is 13.2. The number of aryl methyl sites for hydroxylation is 2. The average molecular weight is 310 g/mol. The number of aromatic nitrogens is 2. The Balaban J connectivity index is 2.05. The molecule has 2 aromatic rings. The number of hydrogen-bond acceptors (Lipinski definition) is 3. The maximum absolute atomic E-state index is 12.0. The largest absolute Gasteiger partial charge is 0.338 e. The molecule has 0 fully saturated rings. The van der Waals surface area contributed by atoms with Gasteiger partial charge in [0.15, 0.2) is 0 Å². The van der Waals surface area contributed by atoms with Crippen molar-refractivity contribution in [1.82, 2.24) is 14.7 Å². The Morgan fingerprint density at radius 3 is 2.90 bits per heavy atom. The first kappa shape index (κ1) is 14.8. The standard InChI is InChI=1S/C14H16ClN3OS/c1-10-12(14(15)18(3)16-10)4-5-13(19)17(2)8-11-6-7-20-9-11/h4-7,9H,8H2,1-3H3/b5-4+. The molecule has 0 saturated carbocycles. The first-order valence-corrected chi connectivity index (χ1v) is 7.44. The number of hydrogen-bond donors (Lipinski definition) is 0. The highest BCUT2D eigenvalue weighted by atomic mass is 35.5. The fourth-order valence-electron chi connectivity index (χ4n) is 1.85. The van der Waals surface area contributed by atoms with Gasteiger partial charge in [0, 0.05) is 32.3 Å². The minimum atomic E-state index is -0.0597. The predicted octanol–water partition coefficient (Wildman–Crippen LogP) is 3.12. The van der Waals surface area contributed by atoms with Crippen LogP contribution in [0.25, 0.3) is 6.08 Å². The van der Waals surface area contributed by atoms with Crippen LogP contribution >= 0.6 is 22.9 Å². The molecule has 0 aliphatic rings. The normalized spacial score (nSPS) is 11.2. The zero-order valence-electron chi connectivity index (χ0n) is 11.6. The second-order valence-electron chi connectivity index (χ2n) is 4.57. The number of thiophene rings is 1. The maximum atomic E-state index is 12.0. The van der Waals surface area contributed by atoms with Crippen LogP contribution in [0.4, 0.5) is 0 Å². The summed E-state index contributed by atoms with van der Waals surface area (Å²) < 4.78 is 1.59. The van der Waals surface area contributed by atoms with E-state index in [1.54, 1.807) is 41.1 Å². The minimum Gasteiger partial charge on any atom is -0.338 e. The van der Waals surface area contributed by atoms with Gasteiger partial charge >= 0.3 is 0 Å². The molecule has 2 heterocycles. The lowest BCUT2D eigenvalue weighted by molar-refractivity contribution is -0.125. The van der Waals surface area contributed by atoms with Gasteiger partial charge in [-0.3, -0.25) is 9.48 Å². The lowest BCUT2D eigenvalue weighted by atomic mass is 10.2. The van der Waals surface area contributed by atoms with Crippen LogP contribution in [0.1, 0.15) is 16.8 Å². The van der Waals surface area contributed by atoms with E-state index in [0.29, 0.717) is 11.7 Å². The highest BCUT2D eigenvalue weighted by Gasteiger charge is 2.10. The SMILES string of the molecule is Cc1nn(C)c(Cl)c1/C=C/C(=O)N(C)Cc1ccsc1. The van der Waals surface area contributed by atoms with Crippen LogP contribution in [-0.2, 0) is 18.4 Å². The molecule has 0 bridgehead atoms. The van der Waals surface area contributed by atoms with Crippen molar-refractivity contribution in [2.24, 2.45) is 7.05 Å². The summed E-state index contributed by atoms with van der Waals surface area (Å²) >= 11 is 7.74. The molecule has 0 aromatic carbocycles. The third-order valence-corrected chi connectivity index (χ3v) is 4.15. The van der Waals surface area contributed by atoms with Crippen molar-refractivity contribution in [3.05, 3.63) is 44.9 Å². The fraction of sp³-hybridized carbons (Fsp3) is 0.286. The molecule has 0 unspecified atom stereocenters. The number of halogens is 1. The molecule has 0 saturated heterocycles. The second-order valence-corrected chi connectivity index (χ2v) is 5.71. The summed E-state index contributed by atoms with van der Waals surface area (Å²) in [6.45, 7) is 2.47. The van der Waals surface area contributed by atoms with Gasteiger partial charge in [-0.2, -0.15) is 16.4 Å². The Morgan fingerprint density at radius 1 is 1.60 bits per heavy atom. The molecule has 2 aromatic heterocycles. The number of carbonyl (C=O) groups excluding carboxylic acids is 1. The number of likely N-dealkylation sites (N-methyl/N-ethyl adjacent to an activating group) is 1. The smallest absolute Gasteiger partial charge is 0.246 e. The summed E-state index contributed by atoms with van der Waals surface area (Å²) in [5.41, 5.74) is 2.73. The average Bonchev–Trinajstić information content (AvgIpc) is 2.98. The van der Waals surface area contributed by atoms with Crippen molar-refractivity contribution >= 4 is 34.9 Å². The molecule has 0 atom stereocenters. The van der Waals surface area contributed by atoms with Crippen LogP contribution < -0.4 is 0 Å². The van der Waals surface area contributed by atoms with E-state index in [4.69, 9.17) is 11.6 Å². The van der Waals surface area contributed by atoms with Gasteiger partial charge < -0.3 is 4.90 Å². The molecule has 0 radical (unpaired) electrons. The van der Waals surface area contributed by atoms with Crippen LogP contribution in [0.15, 0.2) is 22.9 Å². The van der Waals surface area contributed by atoms with E-state index < -0.39 is 0 Å². The lowest BCUT2D eigenvalue weighted by Gasteiger charge is -2.13. The van der Waals surface area contributed by atoms with Gasteiger partial charge in [0.2, 0.25) is 5.91 Å². The Labute approximate surface area is 127 Å². The molecule has 106 valence electrons. The van der Waals surface area contributed by atoms with Gasteiger partial charge in [0.1, 0.15) is 5.15 Å². The molecule has 0 spiro atoms. The first-order chi connectivity index (χ1) is 9.49. The second kappa shape index (κ2) is 6.24. The highest BCUT2D eigenvalue weighted by molar-refractivity contribution is 7.07. The molecule has 6 heteroatoms. The molecule has 4 nitrogen and oxygen atoms in total. The zero-order chi connectivity index (χ0) is 14.7. The van der Waals surface area contributed by atoms with E-state index in [9.17, 15) is 4.79 Å². The molecule has 0 aliphatic heterocycles. The molecule has 20 heavy (non-hydrogen) atoms. The van der Waals surface area contributed by atoms with Crippen LogP contribution in [0.3, 0.4) is 0 Å². The molecule has 1 amide bonds. The summed E-state index contributed by atoms with van der Waals surface area (Å²) in [6, 6.07) is 2.01. The van der Waals surface area contributed by atoms with Crippen LogP contribution in [0.5, 0.6) is 0 Å². The van der Waals surface area contributed by atoms with E-state index in [0.717, 1.165) is 16.8 Å². The third-order valence-electron chi connectivity index (χ3n) is 2.96. The van der Waals surface area contributed by atoms with Crippen molar-refractivity contribution in [1.29, 1.82) is 0 Å². The summed E-state index contributed by atoms with van der Waals surface area (Å²) in [7, 11) is 3.55. The summed E-state index contributed by atoms with van der Waals surface area (Å²) in [6.07, 6.45) is 3.25. The maximum Gasteiger partial charge on any atom is 0.246 e. The molecular weight excluding hydrogens is 294 g/mol. The van der Waals surface area contributed by atoms with Crippen molar-refractivity contribution in [3.63, 3.8) is 0 Å². The van der Waals surface area contributed by atoms with Gasteiger partial charge in [0.05, 0.1) is 5.69 Å². The van der Waals surface area contributed by atoms with Gasteiger partial charge in [-0.1, -0.05) is 11.6 Å². The summed E-state index contributed by atoms with van der Waals surface area (Å²) in [4.78, 5) is 13.7. The molecule has 0 N–H and O–H groups in total. The summed E-state index contributed by atoms with van der Waals surface area (Å²) in [5.74, 6) is -0.0597. The third kappa shape index (κ3) is 3.29. The van der Waals surface area contributed by atoms with Gasteiger partial charge in [-0.15, -0.1) is 0 Å². The summed E-state index contributed by atoms with van der Waals surface area (Å²) in [5, 5.41) is 8.78. The van der Waals surface area contributed by atoms with Crippen molar-refractivity contribution in [2.75, 3.05) is 7.05 Å². The Kier molecular flexibility index (Phi) is 4.62. The van der Waals surface area contributed by atoms with E-state index >= 15 is 0 Å². The number of rotatable bonds is 4. The molecule has 0 aliphatic carbocycles. The van der Waals surface area contributed by atoms with E-state index in [-0.39, 0.29) is 5.91 Å². The van der Waals surface area contributed by atoms with Crippen LogP contribution in [0.2, 0.25) is 5.15 Å². The van der Waals surface area contributed by atoms with Gasteiger partial charge in [-0.05, 0) is 35.4 Å². The van der Waals surface area contributed by atoms with E-state index in [1.807, 2.05) is 23.8 Å². The van der Waals surface area contributed by atoms with Gasteiger partial charge in [0.25, 0.3) is 0 Å². The number of amides is 1. The number of nitrogens with zero attached hydrogens (tertiary/aromatic N) is 3. The lowest BCUT2D eigenvalue weighted by Crippen LogP contribution is -2.23. The predicted molar refractivity (Wildman–Crippen MR) is 82.8 cm³/mol.